The van der Waals surface area contributed by atoms with E-state index in [1.807, 2.05) is 0 Å². The molecule has 30 heavy (non-hydrogen) atoms. The summed E-state index contributed by atoms with van der Waals surface area (Å²) in [6, 6.07) is 14.4. The lowest BCUT2D eigenvalue weighted by Gasteiger charge is -2.07. The minimum atomic E-state index is -3.64. The van der Waals surface area contributed by atoms with E-state index in [2.05, 4.69) is 15.2 Å². The third kappa shape index (κ3) is 5.16. The molecule has 156 valence electrons. The number of methoxy groups -OCH3 is 2. The zero-order valence-electron chi connectivity index (χ0n) is 16.2. The summed E-state index contributed by atoms with van der Waals surface area (Å²) in [6.07, 6.45) is 1.45. The van der Waals surface area contributed by atoms with Gasteiger partial charge in [0, 0.05) is 16.8 Å². The van der Waals surface area contributed by atoms with Gasteiger partial charge < -0.3 is 9.47 Å². The highest BCUT2D eigenvalue weighted by Gasteiger charge is 2.15. The predicted molar refractivity (Wildman–Crippen MR) is 116 cm³/mol. The van der Waals surface area contributed by atoms with Gasteiger partial charge in [0.15, 0.2) is 0 Å². The van der Waals surface area contributed by atoms with Crippen LogP contribution in [0, 0.1) is 0 Å². The summed E-state index contributed by atoms with van der Waals surface area (Å²) in [5, 5.41) is 5.63. The number of benzene rings is 2. The molecule has 0 spiro atoms. The summed E-state index contributed by atoms with van der Waals surface area (Å²) in [6.45, 7) is 0. The molecule has 0 aliphatic heterocycles. The maximum atomic E-state index is 12.3. The number of nitrogens with one attached hydrogen (secondary N) is 2. The highest BCUT2D eigenvalue weighted by Crippen LogP contribution is 2.22. The molecule has 1 aromatic heterocycles. The zero-order chi connectivity index (χ0) is 21.6. The monoisotopic (exact) mass is 445 g/mol. The first-order chi connectivity index (χ1) is 14.4. The molecular weight excluding hydrogens is 426 g/mol. The second-order valence-electron chi connectivity index (χ2n) is 5.92. The molecule has 0 aliphatic rings. The number of amides is 1. The number of thiophene rings is 1. The van der Waals surface area contributed by atoms with Crippen LogP contribution < -0.4 is 19.6 Å². The standard InChI is InChI=1S/C20H19N3O5S2/c1-27-17-9-10-18(28-2)15(12-17)13-21-22-20(24)14-5-7-16(8-6-14)23-30(25,26)19-4-3-11-29-19/h3-13,23H,1-2H3,(H,22,24)/b21-13+. The average Bonchev–Trinajstić information content (AvgIpc) is 3.30. The van der Waals surface area contributed by atoms with E-state index < -0.39 is 15.9 Å². The van der Waals surface area contributed by atoms with Gasteiger partial charge in [0.05, 0.1) is 20.4 Å². The number of carbonyl (C=O) groups excluding carboxylic acids is 1. The van der Waals surface area contributed by atoms with Crippen LogP contribution in [0.3, 0.4) is 0 Å². The van der Waals surface area contributed by atoms with Crippen LogP contribution in [-0.2, 0) is 10.0 Å². The molecule has 0 bridgehead atoms. The van der Waals surface area contributed by atoms with E-state index in [0.717, 1.165) is 11.3 Å². The maximum absolute atomic E-state index is 12.3. The Kier molecular flexibility index (Phi) is 6.70. The van der Waals surface area contributed by atoms with Crippen LogP contribution in [0.4, 0.5) is 5.69 Å². The lowest BCUT2D eigenvalue weighted by molar-refractivity contribution is 0.0955. The molecule has 0 aliphatic carbocycles. The van der Waals surface area contributed by atoms with Crippen molar-refractivity contribution in [1.82, 2.24) is 5.43 Å². The Labute approximate surface area is 178 Å². The molecule has 0 atom stereocenters. The minimum absolute atomic E-state index is 0.214. The van der Waals surface area contributed by atoms with E-state index in [9.17, 15) is 13.2 Å². The molecule has 3 aromatic rings. The number of ether oxygens (including phenoxy) is 2. The van der Waals surface area contributed by atoms with Crippen LogP contribution in [0.15, 0.2) is 69.3 Å². The third-order valence-corrected chi connectivity index (χ3v) is 6.74. The van der Waals surface area contributed by atoms with E-state index >= 15 is 0 Å². The second-order valence-corrected chi connectivity index (χ2v) is 8.78. The number of hydrogen-bond donors (Lipinski definition) is 2. The number of hydrazone groups is 1. The highest BCUT2D eigenvalue weighted by molar-refractivity contribution is 7.94. The van der Waals surface area contributed by atoms with Gasteiger partial charge in [0.2, 0.25) is 0 Å². The van der Waals surface area contributed by atoms with E-state index in [0.29, 0.717) is 28.3 Å². The van der Waals surface area contributed by atoms with Crippen LogP contribution in [0.2, 0.25) is 0 Å². The molecule has 0 radical (unpaired) electrons. The molecule has 1 heterocycles. The lowest BCUT2D eigenvalue weighted by Crippen LogP contribution is -2.18. The predicted octanol–water partition coefficient (Wildman–Crippen LogP) is 3.33. The quantitative estimate of drug-likeness (QED) is 0.409. The van der Waals surface area contributed by atoms with Crippen LogP contribution in [-0.4, -0.2) is 34.8 Å². The first-order valence-corrected chi connectivity index (χ1v) is 11.0. The molecule has 0 saturated carbocycles. The van der Waals surface area contributed by atoms with Crippen molar-refractivity contribution in [2.24, 2.45) is 5.10 Å². The fourth-order valence-corrected chi connectivity index (χ4v) is 4.53. The van der Waals surface area contributed by atoms with Crippen molar-refractivity contribution in [3.05, 3.63) is 71.1 Å². The number of sulfonamides is 1. The average molecular weight is 446 g/mol. The first-order valence-electron chi connectivity index (χ1n) is 8.65. The van der Waals surface area contributed by atoms with Gasteiger partial charge in [-0.25, -0.2) is 13.8 Å². The van der Waals surface area contributed by atoms with Gasteiger partial charge in [-0.2, -0.15) is 5.10 Å². The number of hydrogen-bond acceptors (Lipinski definition) is 7. The van der Waals surface area contributed by atoms with Crippen molar-refractivity contribution in [2.75, 3.05) is 18.9 Å². The molecule has 0 fully saturated rings. The molecule has 2 aromatic carbocycles. The van der Waals surface area contributed by atoms with Crippen molar-refractivity contribution in [3.8, 4) is 11.5 Å². The Morgan fingerprint density at radius 1 is 1.07 bits per heavy atom. The molecule has 1 amide bonds. The van der Waals surface area contributed by atoms with Crippen LogP contribution in [0.25, 0.3) is 0 Å². The topological polar surface area (TPSA) is 106 Å². The maximum Gasteiger partial charge on any atom is 0.271 e. The van der Waals surface area contributed by atoms with Crippen molar-refractivity contribution >= 4 is 39.2 Å². The fourth-order valence-electron chi connectivity index (χ4n) is 2.48. The Hall–Kier alpha value is -3.37. The minimum Gasteiger partial charge on any atom is -0.497 e. The van der Waals surface area contributed by atoms with E-state index in [1.165, 1.54) is 43.7 Å². The van der Waals surface area contributed by atoms with Gasteiger partial charge in [0.25, 0.3) is 15.9 Å². The first kappa shape index (κ1) is 21.3. The van der Waals surface area contributed by atoms with Gasteiger partial charge in [-0.3, -0.25) is 9.52 Å². The van der Waals surface area contributed by atoms with Gasteiger partial charge in [-0.1, -0.05) is 6.07 Å². The zero-order valence-corrected chi connectivity index (χ0v) is 17.8. The number of nitrogens with zero attached hydrogens (tertiary/aromatic N) is 1. The Balaban J connectivity index is 1.65. The Morgan fingerprint density at radius 3 is 2.47 bits per heavy atom. The van der Waals surface area contributed by atoms with Gasteiger partial charge in [-0.05, 0) is 53.9 Å². The molecule has 0 unspecified atom stereocenters. The fraction of sp³-hybridized carbons (Fsp3) is 0.100. The molecular formula is C20H19N3O5S2. The highest BCUT2D eigenvalue weighted by atomic mass is 32.2. The smallest absolute Gasteiger partial charge is 0.271 e. The molecule has 0 saturated heterocycles. The van der Waals surface area contributed by atoms with Crippen molar-refractivity contribution in [1.29, 1.82) is 0 Å². The van der Waals surface area contributed by atoms with Gasteiger partial charge in [0.1, 0.15) is 15.7 Å². The van der Waals surface area contributed by atoms with Crippen molar-refractivity contribution < 1.29 is 22.7 Å². The second kappa shape index (κ2) is 9.42. The Bertz CT molecular complexity index is 1140. The number of anilines is 1. The molecule has 10 heteroatoms. The third-order valence-electron chi connectivity index (χ3n) is 3.97. The summed E-state index contributed by atoms with van der Waals surface area (Å²) >= 11 is 1.12. The van der Waals surface area contributed by atoms with E-state index in [-0.39, 0.29) is 4.21 Å². The molecule has 2 N–H and O–H groups in total. The van der Waals surface area contributed by atoms with Gasteiger partial charge >= 0.3 is 0 Å². The van der Waals surface area contributed by atoms with Crippen molar-refractivity contribution in [3.63, 3.8) is 0 Å². The summed E-state index contributed by atoms with van der Waals surface area (Å²) in [5.74, 6) is 0.765. The summed E-state index contributed by atoms with van der Waals surface area (Å²) in [7, 11) is -0.554. The molecule has 3 rings (SSSR count). The summed E-state index contributed by atoms with van der Waals surface area (Å²) in [4.78, 5) is 12.3. The van der Waals surface area contributed by atoms with Crippen LogP contribution in [0.5, 0.6) is 11.5 Å². The SMILES string of the molecule is COc1ccc(OC)c(/C=N/NC(=O)c2ccc(NS(=O)(=O)c3cccs3)cc2)c1. The Morgan fingerprint density at radius 2 is 1.83 bits per heavy atom. The normalized spacial score (nSPS) is 11.3. The van der Waals surface area contributed by atoms with E-state index in [4.69, 9.17) is 9.47 Å². The van der Waals surface area contributed by atoms with E-state index in [1.54, 1.807) is 36.8 Å². The van der Waals surface area contributed by atoms with Crippen molar-refractivity contribution in [2.45, 2.75) is 4.21 Å². The lowest BCUT2D eigenvalue weighted by atomic mass is 10.2. The molecule has 8 nitrogen and oxygen atoms in total. The summed E-state index contributed by atoms with van der Waals surface area (Å²) < 4.78 is 37.6. The van der Waals surface area contributed by atoms with Gasteiger partial charge in [-0.15, -0.1) is 11.3 Å². The summed E-state index contributed by atoms with van der Waals surface area (Å²) in [5.41, 5.74) is 3.73. The number of carbonyl (C=O) groups is 1. The van der Waals surface area contributed by atoms with Crippen LogP contribution in [0.1, 0.15) is 15.9 Å². The van der Waals surface area contributed by atoms with Crippen LogP contribution >= 0.6 is 11.3 Å². The number of rotatable bonds is 8. The largest absolute Gasteiger partial charge is 0.497 e.